The fourth-order valence-corrected chi connectivity index (χ4v) is 4.63. The highest BCUT2D eigenvalue weighted by atomic mass is 35.5. The number of hydrogen-bond acceptors (Lipinski definition) is 2. The van der Waals surface area contributed by atoms with E-state index in [1.165, 1.54) is 0 Å². The number of nitrogens with one attached hydrogen (secondary N) is 4. The lowest BCUT2D eigenvalue weighted by atomic mass is 10.0. The highest BCUT2D eigenvalue weighted by Gasteiger charge is 2.07. The average molecular weight is 602 g/mol. The van der Waals surface area contributed by atoms with Gasteiger partial charge in [0.25, 0.3) is 0 Å². The zero-order valence-corrected chi connectivity index (χ0v) is 23.6. The van der Waals surface area contributed by atoms with Gasteiger partial charge in [0.05, 0.1) is 0 Å². The number of anilines is 2. The summed E-state index contributed by atoms with van der Waals surface area (Å²) in [6, 6.07) is 24.8. The quantitative estimate of drug-likeness (QED) is 0.163. The van der Waals surface area contributed by atoms with Crippen LogP contribution in [-0.4, -0.2) is 12.1 Å². The van der Waals surface area contributed by atoms with Gasteiger partial charge < -0.3 is 21.3 Å². The molecule has 200 valence electrons. The largest absolute Gasteiger partial charge is 0.334 e. The summed E-state index contributed by atoms with van der Waals surface area (Å²) >= 11 is 24.1. The summed E-state index contributed by atoms with van der Waals surface area (Å²) in [7, 11) is 0. The molecule has 0 aliphatic rings. The Hall–Kier alpha value is -3.42. The van der Waals surface area contributed by atoms with Gasteiger partial charge in [-0.05, 0) is 77.2 Å². The Kier molecular flexibility index (Phi) is 9.96. The fourth-order valence-electron chi connectivity index (χ4n) is 3.68. The minimum Gasteiger partial charge on any atom is -0.334 e. The number of carbonyl (C=O) groups is 2. The van der Waals surface area contributed by atoms with Gasteiger partial charge >= 0.3 is 12.1 Å². The van der Waals surface area contributed by atoms with E-state index >= 15 is 0 Å². The van der Waals surface area contributed by atoms with Gasteiger partial charge in [-0.2, -0.15) is 0 Å². The Morgan fingerprint density at radius 3 is 1.28 bits per heavy atom. The predicted molar refractivity (Wildman–Crippen MR) is 160 cm³/mol. The minimum atomic E-state index is -0.336. The van der Waals surface area contributed by atoms with Crippen molar-refractivity contribution < 1.29 is 9.59 Å². The van der Waals surface area contributed by atoms with Crippen LogP contribution in [0.5, 0.6) is 0 Å². The first-order valence-electron chi connectivity index (χ1n) is 11.9. The third kappa shape index (κ3) is 8.80. The zero-order valence-electron chi connectivity index (χ0n) is 20.5. The van der Waals surface area contributed by atoms with Crippen molar-refractivity contribution in [2.75, 3.05) is 10.6 Å². The molecule has 4 amide bonds. The van der Waals surface area contributed by atoms with E-state index in [4.69, 9.17) is 46.4 Å². The van der Waals surface area contributed by atoms with Crippen LogP contribution in [0.1, 0.15) is 22.3 Å². The van der Waals surface area contributed by atoms with Crippen LogP contribution in [0.25, 0.3) is 0 Å². The molecule has 0 spiro atoms. The van der Waals surface area contributed by atoms with Crippen molar-refractivity contribution in [3.05, 3.63) is 127 Å². The molecule has 0 aliphatic carbocycles. The smallest absolute Gasteiger partial charge is 0.319 e. The molecule has 4 aromatic carbocycles. The maximum atomic E-state index is 12.3. The molecule has 0 saturated heterocycles. The molecule has 0 aliphatic heterocycles. The van der Waals surface area contributed by atoms with Crippen LogP contribution in [0.4, 0.5) is 21.0 Å². The second-order valence-corrected chi connectivity index (χ2v) is 10.3. The summed E-state index contributed by atoms with van der Waals surface area (Å²) in [4.78, 5) is 24.5. The van der Waals surface area contributed by atoms with E-state index in [2.05, 4.69) is 21.3 Å². The Labute approximate surface area is 246 Å². The molecule has 10 heteroatoms. The first kappa shape index (κ1) is 28.6. The first-order valence-corrected chi connectivity index (χ1v) is 13.4. The number of rotatable bonds is 8. The van der Waals surface area contributed by atoms with Crippen LogP contribution >= 0.6 is 46.4 Å². The van der Waals surface area contributed by atoms with Gasteiger partial charge in [-0.1, -0.05) is 82.8 Å². The molecule has 0 heterocycles. The third-order valence-corrected chi connectivity index (χ3v) is 6.91. The number of urea groups is 2. The second-order valence-electron chi connectivity index (χ2n) is 8.66. The highest BCUT2D eigenvalue weighted by molar-refractivity contribution is 6.35. The van der Waals surface area contributed by atoms with Crippen LogP contribution in [-0.2, 0) is 19.5 Å². The second kappa shape index (κ2) is 13.6. The summed E-state index contributed by atoms with van der Waals surface area (Å²) in [5.74, 6) is 0. The van der Waals surface area contributed by atoms with E-state index in [1.807, 2.05) is 48.5 Å². The van der Waals surface area contributed by atoms with E-state index in [1.54, 1.807) is 36.4 Å². The Balaban J connectivity index is 1.22. The number of benzene rings is 4. The third-order valence-electron chi connectivity index (χ3n) is 5.74. The van der Waals surface area contributed by atoms with Crippen LogP contribution in [0.3, 0.4) is 0 Å². The predicted octanol–water partition coefficient (Wildman–Crippen LogP) is 8.53. The Bertz CT molecular complexity index is 1350. The van der Waals surface area contributed by atoms with Gasteiger partial charge in [0.15, 0.2) is 0 Å². The summed E-state index contributed by atoms with van der Waals surface area (Å²) in [5.41, 5.74) is 5.04. The lowest BCUT2D eigenvalue weighted by molar-refractivity contribution is 0.251. The minimum absolute atomic E-state index is 0.281. The first-order chi connectivity index (χ1) is 18.7. The monoisotopic (exact) mass is 600 g/mol. The Morgan fingerprint density at radius 2 is 0.923 bits per heavy atom. The van der Waals surface area contributed by atoms with Crippen molar-refractivity contribution in [1.82, 2.24) is 10.6 Å². The van der Waals surface area contributed by atoms with Crippen LogP contribution < -0.4 is 21.3 Å². The molecule has 0 fully saturated rings. The normalized spacial score (nSPS) is 10.6. The molecule has 0 aromatic heterocycles. The van der Waals surface area contributed by atoms with E-state index in [-0.39, 0.29) is 25.2 Å². The van der Waals surface area contributed by atoms with E-state index in [0.717, 1.165) is 22.3 Å². The molecule has 4 N–H and O–H groups in total. The van der Waals surface area contributed by atoms with Gasteiger partial charge in [0, 0.05) is 44.6 Å². The van der Waals surface area contributed by atoms with E-state index < -0.39 is 0 Å². The van der Waals surface area contributed by atoms with Gasteiger partial charge in [-0.15, -0.1) is 0 Å². The molecule has 0 atom stereocenters. The van der Waals surface area contributed by atoms with Crippen molar-refractivity contribution in [1.29, 1.82) is 0 Å². The number of halogens is 4. The molecule has 0 unspecified atom stereocenters. The van der Waals surface area contributed by atoms with Crippen molar-refractivity contribution >= 4 is 69.8 Å². The summed E-state index contributed by atoms with van der Waals surface area (Å²) in [6.07, 6.45) is 0.698. The SMILES string of the molecule is O=C(NCc1ccc(Cl)cc1Cl)Nc1ccc(Cc2ccc(NC(=O)NCc3ccc(Cl)cc3Cl)cc2)cc1. The Morgan fingerprint density at radius 1 is 0.538 bits per heavy atom. The van der Waals surface area contributed by atoms with Crippen molar-refractivity contribution in [3.63, 3.8) is 0 Å². The molecule has 0 bridgehead atoms. The van der Waals surface area contributed by atoms with Gasteiger partial charge in [-0.3, -0.25) is 0 Å². The zero-order chi connectivity index (χ0) is 27.8. The van der Waals surface area contributed by atoms with Gasteiger partial charge in [-0.25, -0.2) is 9.59 Å². The molecule has 0 radical (unpaired) electrons. The van der Waals surface area contributed by atoms with Crippen LogP contribution in [0.2, 0.25) is 20.1 Å². The van der Waals surface area contributed by atoms with E-state index in [0.29, 0.717) is 37.9 Å². The average Bonchev–Trinajstić information content (AvgIpc) is 2.90. The number of amides is 4. The summed E-state index contributed by atoms with van der Waals surface area (Å²) in [6.45, 7) is 0.562. The highest BCUT2D eigenvalue weighted by Crippen LogP contribution is 2.22. The van der Waals surface area contributed by atoms with Crippen molar-refractivity contribution in [2.45, 2.75) is 19.5 Å². The van der Waals surface area contributed by atoms with Gasteiger partial charge in [0.1, 0.15) is 0 Å². The van der Waals surface area contributed by atoms with Crippen LogP contribution in [0.15, 0.2) is 84.9 Å². The fraction of sp³-hybridized carbons (Fsp3) is 0.103. The molecule has 6 nitrogen and oxygen atoms in total. The maximum absolute atomic E-state index is 12.3. The van der Waals surface area contributed by atoms with E-state index in [9.17, 15) is 9.59 Å². The molecular formula is C29H24Cl4N4O2. The van der Waals surface area contributed by atoms with Crippen LogP contribution in [0, 0.1) is 0 Å². The molecular weight excluding hydrogens is 578 g/mol. The number of carbonyl (C=O) groups excluding carboxylic acids is 2. The van der Waals surface area contributed by atoms with Gasteiger partial charge in [0.2, 0.25) is 0 Å². The molecule has 39 heavy (non-hydrogen) atoms. The molecule has 0 saturated carbocycles. The topological polar surface area (TPSA) is 82.3 Å². The summed E-state index contributed by atoms with van der Waals surface area (Å²) < 4.78 is 0. The number of hydrogen-bond donors (Lipinski definition) is 4. The molecule has 4 aromatic rings. The maximum Gasteiger partial charge on any atom is 0.319 e. The van der Waals surface area contributed by atoms with Crippen molar-refractivity contribution in [2.24, 2.45) is 0 Å². The molecule has 4 rings (SSSR count). The standard InChI is InChI=1S/C29H24Cl4N4O2/c30-22-7-5-20(26(32)14-22)16-34-28(38)36-24-9-1-18(2-10-24)13-19-3-11-25(12-4-19)37-29(39)35-17-21-6-8-23(31)15-27(21)33/h1-12,14-15H,13,16-17H2,(H2,34,36,38)(H2,35,37,39). The lowest BCUT2D eigenvalue weighted by Gasteiger charge is -2.11. The summed E-state index contributed by atoms with van der Waals surface area (Å²) in [5, 5.41) is 13.3. The lowest BCUT2D eigenvalue weighted by Crippen LogP contribution is -2.28. The van der Waals surface area contributed by atoms with Crippen molar-refractivity contribution in [3.8, 4) is 0 Å².